The minimum absolute atomic E-state index is 0.226. The summed E-state index contributed by atoms with van der Waals surface area (Å²) in [6.07, 6.45) is 4.32. The lowest BCUT2D eigenvalue weighted by Crippen LogP contribution is -2.63. The molecule has 1 saturated carbocycles. The first-order valence-corrected chi connectivity index (χ1v) is 7.77. The summed E-state index contributed by atoms with van der Waals surface area (Å²) >= 11 is 0. The van der Waals surface area contributed by atoms with E-state index in [0.717, 1.165) is 32.2 Å². The highest BCUT2D eigenvalue weighted by Crippen LogP contribution is 2.40. The Kier molecular flexibility index (Phi) is 6.92. The number of hydrogen-bond donors (Lipinski definition) is 2. The molecule has 5 nitrogen and oxygen atoms in total. The van der Waals surface area contributed by atoms with Gasteiger partial charge < -0.3 is 15.8 Å². The molecule has 118 valence electrons. The topological polar surface area (TPSA) is 67.6 Å². The molecule has 1 fully saturated rings. The van der Waals surface area contributed by atoms with Gasteiger partial charge in [-0.05, 0) is 38.6 Å². The second-order valence-electron chi connectivity index (χ2n) is 5.79. The molecule has 0 aromatic rings. The zero-order chi connectivity index (χ0) is 15.2. The van der Waals surface area contributed by atoms with Crippen LogP contribution in [0.15, 0.2) is 0 Å². The molecule has 1 rings (SSSR count). The number of carbonyl (C=O) groups is 1. The van der Waals surface area contributed by atoms with E-state index in [1.165, 1.54) is 0 Å². The molecule has 20 heavy (non-hydrogen) atoms. The highest BCUT2D eigenvalue weighted by molar-refractivity contribution is 5.86. The Morgan fingerprint density at radius 2 is 2.05 bits per heavy atom. The number of nitrogens with two attached hydrogens (primary N) is 1. The molecule has 0 heterocycles. The fourth-order valence-corrected chi connectivity index (χ4v) is 3.12. The zero-order valence-electron chi connectivity index (χ0n) is 13.4. The monoisotopic (exact) mass is 285 g/mol. The number of nitrogens with one attached hydrogen (secondary N) is 1. The number of hydrogen-bond acceptors (Lipinski definition) is 4. The van der Waals surface area contributed by atoms with Crippen LogP contribution in [0.1, 0.15) is 39.5 Å². The predicted octanol–water partition coefficient (Wildman–Crippen LogP) is 0.977. The van der Waals surface area contributed by atoms with Crippen LogP contribution in [0.2, 0.25) is 0 Å². The Hall–Kier alpha value is -0.650. The quantitative estimate of drug-likeness (QED) is 0.594. The van der Waals surface area contributed by atoms with Crippen molar-refractivity contribution in [3.05, 3.63) is 0 Å². The average molecular weight is 285 g/mol. The van der Waals surface area contributed by atoms with Crippen molar-refractivity contribution in [3.8, 4) is 0 Å². The summed E-state index contributed by atoms with van der Waals surface area (Å²) in [5.41, 5.74) is 5.14. The first-order chi connectivity index (χ1) is 9.55. The van der Waals surface area contributed by atoms with E-state index in [-0.39, 0.29) is 5.91 Å². The van der Waals surface area contributed by atoms with Gasteiger partial charge >= 0.3 is 0 Å². The molecule has 0 spiro atoms. The Balaban J connectivity index is 2.85. The number of likely N-dealkylation sites (N-methyl/N-ethyl adjacent to an activating group) is 1. The summed E-state index contributed by atoms with van der Waals surface area (Å²) in [6.45, 7) is 6.58. The largest absolute Gasteiger partial charge is 0.383 e. The Labute approximate surface area is 123 Å². The number of amides is 1. The predicted molar refractivity (Wildman–Crippen MR) is 81.5 cm³/mol. The van der Waals surface area contributed by atoms with Gasteiger partial charge in [0.2, 0.25) is 5.91 Å². The third kappa shape index (κ3) is 3.93. The minimum Gasteiger partial charge on any atom is -0.383 e. The average Bonchev–Trinajstić information content (AvgIpc) is 3.27. The molecule has 1 atom stereocenters. The van der Waals surface area contributed by atoms with Gasteiger partial charge in [-0.3, -0.25) is 9.69 Å². The fraction of sp³-hybridized carbons (Fsp3) is 0.933. The van der Waals surface area contributed by atoms with Crippen LogP contribution in [0.4, 0.5) is 0 Å². The maximum Gasteiger partial charge on any atom is 0.239 e. The van der Waals surface area contributed by atoms with Gasteiger partial charge in [0.25, 0.3) is 0 Å². The van der Waals surface area contributed by atoms with Crippen LogP contribution in [0.3, 0.4) is 0 Å². The molecule has 3 N–H and O–H groups in total. The second-order valence-corrected chi connectivity index (χ2v) is 5.79. The molecule has 0 aromatic heterocycles. The summed E-state index contributed by atoms with van der Waals surface area (Å²) < 4.78 is 5.22. The van der Waals surface area contributed by atoms with Crippen LogP contribution in [0.5, 0.6) is 0 Å². The molecule has 1 aliphatic rings. The first-order valence-electron chi connectivity index (χ1n) is 7.77. The van der Waals surface area contributed by atoms with Gasteiger partial charge in [0, 0.05) is 26.2 Å². The van der Waals surface area contributed by atoms with Gasteiger partial charge in [0.15, 0.2) is 0 Å². The first kappa shape index (κ1) is 17.4. The Morgan fingerprint density at radius 1 is 1.45 bits per heavy atom. The molecule has 1 amide bonds. The summed E-state index contributed by atoms with van der Waals surface area (Å²) in [5.74, 6) is 0.153. The zero-order valence-corrected chi connectivity index (χ0v) is 13.4. The molecule has 0 saturated heterocycles. The van der Waals surface area contributed by atoms with Gasteiger partial charge in [0.1, 0.15) is 5.54 Å². The second kappa shape index (κ2) is 7.96. The van der Waals surface area contributed by atoms with E-state index in [0.29, 0.717) is 25.1 Å². The summed E-state index contributed by atoms with van der Waals surface area (Å²) in [5, 5.41) is 3.23. The summed E-state index contributed by atoms with van der Waals surface area (Å²) in [7, 11) is 3.57. The number of nitrogens with zero attached hydrogens (tertiary/aromatic N) is 1. The third-order valence-corrected chi connectivity index (χ3v) is 4.65. The van der Waals surface area contributed by atoms with Crippen molar-refractivity contribution in [2.45, 2.75) is 51.1 Å². The summed E-state index contributed by atoms with van der Waals surface area (Å²) in [4.78, 5) is 14.4. The van der Waals surface area contributed by atoms with Crippen molar-refractivity contribution in [1.82, 2.24) is 10.2 Å². The van der Waals surface area contributed by atoms with Crippen LogP contribution in [0, 0.1) is 5.92 Å². The number of ether oxygens (including phenoxy) is 1. The molecule has 0 bridgehead atoms. The number of methoxy groups -OCH3 is 1. The van der Waals surface area contributed by atoms with E-state index >= 15 is 0 Å². The van der Waals surface area contributed by atoms with Crippen LogP contribution in [0.25, 0.3) is 0 Å². The standard InChI is InChI=1S/C15H31N3O2/c1-5-13(6-2)18(9-10-20-4)11-15(17-3,14(16)19)12-7-8-12/h12-13,17H,5-11H2,1-4H3,(H2,16,19). The highest BCUT2D eigenvalue weighted by atomic mass is 16.5. The van der Waals surface area contributed by atoms with Crippen LogP contribution in [-0.2, 0) is 9.53 Å². The minimum atomic E-state index is -0.587. The van der Waals surface area contributed by atoms with Gasteiger partial charge in [-0.25, -0.2) is 0 Å². The SMILES string of the molecule is CCC(CC)N(CCOC)CC(NC)(C(N)=O)C1CC1. The molecule has 0 radical (unpaired) electrons. The molecular formula is C15H31N3O2. The van der Waals surface area contributed by atoms with E-state index < -0.39 is 5.54 Å². The maximum absolute atomic E-state index is 12.0. The van der Waals surface area contributed by atoms with Gasteiger partial charge in [-0.15, -0.1) is 0 Å². The molecule has 0 aliphatic heterocycles. The van der Waals surface area contributed by atoms with Crippen molar-refractivity contribution in [2.24, 2.45) is 11.7 Å². The van der Waals surface area contributed by atoms with Crippen molar-refractivity contribution in [2.75, 3.05) is 33.9 Å². The summed E-state index contributed by atoms with van der Waals surface area (Å²) in [6, 6.07) is 0.468. The third-order valence-electron chi connectivity index (χ3n) is 4.65. The fourth-order valence-electron chi connectivity index (χ4n) is 3.12. The van der Waals surface area contributed by atoms with Crippen LogP contribution in [-0.4, -0.2) is 56.2 Å². The molecule has 5 heteroatoms. The lowest BCUT2D eigenvalue weighted by molar-refractivity contribution is -0.126. The lowest BCUT2D eigenvalue weighted by Gasteiger charge is -2.39. The number of primary amides is 1. The van der Waals surface area contributed by atoms with Crippen molar-refractivity contribution < 1.29 is 9.53 Å². The van der Waals surface area contributed by atoms with E-state index in [1.807, 2.05) is 7.05 Å². The molecular weight excluding hydrogens is 254 g/mol. The van der Waals surface area contributed by atoms with Crippen LogP contribution >= 0.6 is 0 Å². The molecule has 0 aromatic carbocycles. The van der Waals surface area contributed by atoms with E-state index in [4.69, 9.17) is 10.5 Å². The van der Waals surface area contributed by atoms with Gasteiger partial charge in [-0.1, -0.05) is 13.8 Å². The number of carbonyl (C=O) groups excluding carboxylic acids is 1. The lowest BCUT2D eigenvalue weighted by atomic mass is 9.90. The normalized spacial score (nSPS) is 18.5. The van der Waals surface area contributed by atoms with Crippen molar-refractivity contribution in [3.63, 3.8) is 0 Å². The van der Waals surface area contributed by atoms with Crippen molar-refractivity contribution >= 4 is 5.91 Å². The van der Waals surface area contributed by atoms with Crippen LogP contribution < -0.4 is 11.1 Å². The smallest absolute Gasteiger partial charge is 0.239 e. The van der Waals surface area contributed by atoms with Crippen molar-refractivity contribution in [1.29, 1.82) is 0 Å². The Morgan fingerprint density at radius 3 is 2.40 bits per heavy atom. The van der Waals surface area contributed by atoms with Gasteiger partial charge in [-0.2, -0.15) is 0 Å². The van der Waals surface area contributed by atoms with E-state index in [2.05, 4.69) is 24.1 Å². The Bertz CT molecular complexity index is 303. The van der Waals surface area contributed by atoms with E-state index in [1.54, 1.807) is 7.11 Å². The molecule has 1 unspecified atom stereocenters. The number of rotatable bonds is 11. The highest BCUT2D eigenvalue weighted by Gasteiger charge is 2.50. The van der Waals surface area contributed by atoms with E-state index in [9.17, 15) is 4.79 Å². The van der Waals surface area contributed by atoms with Gasteiger partial charge in [0.05, 0.1) is 6.61 Å². The molecule has 1 aliphatic carbocycles. The maximum atomic E-state index is 12.0.